The van der Waals surface area contributed by atoms with Crippen LogP contribution >= 0.6 is 11.6 Å². The van der Waals surface area contributed by atoms with Gasteiger partial charge in [0.25, 0.3) is 15.9 Å². The van der Waals surface area contributed by atoms with Crippen LogP contribution in [-0.4, -0.2) is 34.1 Å². The van der Waals surface area contributed by atoms with Gasteiger partial charge in [-0.25, -0.2) is 8.42 Å². The Morgan fingerprint density at radius 1 is 1.12 bits per heavy atom. The molecule has 0 saturated heterocycles. The number of aryl methyl sites for hydroxylation is 1. The highest BCUT2D eigenvalue weighted by molar-refractivity contribution is 7.92. The van der Waals surface area contributed by atoms with Gasteiger partial charge < -0.3 is 14.8 Å². The van der Waals surface area contributed by atoms with Gasteiger partial charge in [-0.3, -0.25) is 9.10 Å². The Bertz CT molecular complexity index is 1260. The molecule has 166 valence electrons. The molecule has 0 unspecified atom stereocenters. The first kappa shape index (κ1) is 22.0. The molecular weight excluding hydrogens is 452 g/mol. The zero-order valence-corrected chi connectivity index (χ0v) is 19.0. The third-order valence-corrected chi connectivity index (χ3v) is 7.16. The topological polar surface area (TPSA) is 84.9 Å². The summed E-state index contributed by atoms with van der Waals surface area (Å²) in [6.45, 7) is 1.65. The predicted octanol–water partition coefficient (Wildman–Crippen LogP) is 4.25. The van der Waals surface area contributed by atoms with E-state index in [0.717, 1.165) is 5.56 Å². The smallest absolute Gasteiger partial charge is 0.267 e. The highest BCUT2D eigenvalue weighted by Gasteiger charge is 2.37. The molecule has 0 saturated carbocycles. The van der Waals surface area contributed by atoms with Crippen molar-refractivity contribution in [1.29, 1.82) is 0 Å². The van der Waals surface area contributed by atoms with E-state index < -0.39 is 22.0 Å². The number of hydrogen-bond donors (Lipinski definition) is 1. The summed E-state index contributed by atoms with van der Waals surface area (Å²) in [6, 6.07) is 18.0. The number of halogens is 1. The van der Waals surface area contributed by atoms with E-state index in [0.29, 0.717) is 27.9 Å². The Kier molecular flexibility index (Phi) is 5.99. The number of methoxy groups -OCH3 is 1. The first-order valence-corrected chi connectivity index (χ1v) is 11.6. The van der Waals surface area contributed by atoms with Crippen molar-refractivity contribution in [2.75, 3.05) is 23.3 Å². The molecule has 1 aliphatic heterocycles. The highest BCUT2D eigenvalue weighted by Crippen LogP contribution is 2.37. The highest BCUT2D eigenvalue weighted by atomic mass is 35.5. The largest absolute Gasteiger partial charge is 0.497 e. The fourth-order valence-corrected chi connectivity index (χ4v) is 5.03. The first-order valence-electron chi connectivity index (χ1n) is 9.79. The van der Waals surface area contributed by atoms with Crippen LogP contribution in [0.15, 0.2) is 71.6 Å². The third-order valence-electron chi connectivity index (χ3n) is 5.13. The normalized spacial score (nSPS) is 15.5. The lowest BCUT2D eigenvalue weighted by Gasteiger charge is -2.34. The van der Waals surface area contributed by atoms with Gasteiger partial charge in [0, 0.05) is 10.7 Å². The van der Waals surface area contributed by atoms with Crippen molar-refractivity contribution in [2.24, 2.45) is 0 Å². The van der Waals surface area contributed by atoms with Gasteiger partial charge in [0.05, 0.1) is 24.2 Å². The van der Waals surface area contributed by atoms with Crippen LogP contribution in [0.3, 0.4) is 0 Å². The number of para-hydroxylation sites is 2. The average molecular weight is 473 g/mol. The molecule has 4 rings (SSSR count). The van der Waals surface area contributed by atoms with E-state index in [4.69, 9.17) is 21.1 Å². The second kappa shape index (κ2) is 8.72. The van der Waals surface area contributed by atoms with Gasteiger partial charge in [-0.05, 0) is 61.0 Å². The molecule has 1 N–H and O–H groups in total. The summed E-state index contributed by atoms with van der Waals surface area (Å²) in [4.78, 5) is 13.1. The number of rotatable bonds is 5. The Morgan fingerprint density at radius 2 is 1.84 bits per heavy atom. The zero-order valence-electron chi connectivity index (χ0n) is 17.4. The van der Waals surface area contributed by atoms with E-state index in [9.17, 15) is 13.2 Å². The molecule has 3 aromatic rings. The van der Waals surface area contributed by atoms with Crippen molar-refractivity contribution < 1.29 is 22.7 Å². The van der Waals surface area contributed by atoms with Crippen LogP contribution in [0.1, 0.15) is 5.56 Å². The Labute approximate surface area is 191 Å². The number of anilines is 2. The quantitative estimate of drug-likeness (QED) is 0.600. The molecule has 3 aromatic carbocycles. The molecule has 7 nitrogen and oxygen atoms in total. The lowest BCUT2D eigenvalue weighted by Crippen LogP contribution is -2.48. The SMILES string of the molecule is COc1ccc(S(=O)(=O)N2C[C@@H](C(=O)Nc3cc(Cl)ccc3C)Oc3ccccc32)cc1. The van der Waals surface area contributed by atoms with Crippen molar-refractivity contribution in [3.8, 4) is 11.5 Å². The minimum absolute atomic E-state index is 0.0832. The fraction of sp³-hybridized carbons (Fsp3) is 0.174. The van der Waals surface area contributed by atoms with E-state index in [-0.39, 0.29) is 11.4 Å². The number of carbonyl (C=O) groups is 1. The summed E-state index contributed by atoms with van der Waals surface area (Å²) in [5.41, 5.74) is 1.72. The van der Waals surface area contributed by atoms with E-state index in [2.05, 4.69) is 5.32 Å². The molecule has 0 radical (unpaired) electrons. The molecule has 0 spiro atoms. The van der Waals surface area contributed by atoms with Crippen LogP contribution in [-0.2, 0) is 14.8 Å². The first-order chi connectivity index (χ1) is 15.3. The summed E-state index contributed by atoms with van der Waals surface area (Å²) in [6.07, 6.45) is -1.06. The molecule has 1 heterocycles. The molecular formula is C23H21ClN2O5S. The minimum Gasteiger partial charge on any atom is -0.497 e. The monoisotopic (exact) mass is 472 g/mol. The Morgan fingerprint density at radius 3 is 2.56 bits per heavy atom. The van der Waals surface area contributed by atoms with E-state index in [1.807, 2.05) is 6.92 Å². The van der Waals surface area contributed by atoms with Crippen molar-refractivity contribution in [2.45, 2.75) is 17.9 Å². The summed E-state index contributed by atoms with van der Waals surface area (Å²) in [5, 5.41) is 3.27. The van der Waals surface area contributed by atoms with Crippen LogP contribution in [0.5, 0.6) is 11.5 Å². The minimum atomic E-state index is -3.96. The molecule has 0 fully saturated rings. The van der Waals surface area contributed by atoms with Crippen molar-refractivity contribution in [3.05, 3.63) is 77.3 Å². The lowest BCUT2D eigenvalue weighted by molar-refractivity contribution is -0.122. The maximum absolute atomic E-state index is 13.5. The number of ether oxygens (including phenoxy) is 2. The third kappa shape index (κ3) is 4.24. The van der Waals surface area contributed by atoms with Crippen molar-refractivity contribution in [3.63, 3.8) is 0 Å². The van der Waals surface area contributed by atoms with Gasteiger partial charge >= 0.3 is 0 Å². The molecule has 1 amide bonds. The van der Waals surface area contributed by atoms with Crippen molar-refractivity contribution in [1.82, 2.24) is 0 Å². The average Bonchev–Trinajstić information content (AvgIpc) is 2.80. The van der Waals surface area contributed by atoms with Gasteiger partial charge in [0.2, 0.25) is 0 Å². The molecule has 0 aliphatic carbocycles. The summed E-state index contributed by atoms with van der Waals surface area (Å²) in [5.74, 6) is 0.374. The van der Waals surface area contributed by atoms with Crippen LogP contribution in [0.25, 0.3) is 0 Å². The summed E-state index contributed by atoms with van der Waals surface area (Å²) >= 11 is 6.05. The number of nitrogens with one attached hydrogen (secondary N) is 1. The molecule has 32 heavy (non-hydrogen) atoms. The van der Waals surface area contributed by atoms with Crippen molar-refractivity contribution >= 4 is 38.9 Å². The Hall–Kier alpha value is -3.23. The van der Waals surface area contributed by atoms with E-state index >= 15 is 0 Å². The maximum Gasteiger partial charge on any atom is 0.267 e. The number of carbonyl (C=O) groups excluding carboxylic acids is 1. The summed E-state index contributed by atoms with van der Waals surface area (Å²) < 4.78 is 39.1. The van der Waals surface area contributed by atoms with Gasteiger partial charge in [-0.1, -0.05) is 29.8 Å². The fourth-order valence-electron chi connectivity index (χ4n) is 3.38. The number of sulfonamides is 1. The van der Waals surface area contributed by atoms with Gasteiger partial charge in [0.15, 0.2) is 6.10 Å². The number of hydrogen-bond acceptors (Lipinski definition) is 5. The maximum atomic E-state index is 13.5. The lowest BCUT2D eigenvalue weighted by atomic mass is 10.1. The second-order valence-corrected chi connectivity index (χ2v) is 9.53. The molecule has 1 aliphatic rings. The zero-order chi connectivity index (χ0) is 22.9. The van der Waals surface area contributed by atoms with E-state index in [1.54, 1.807) is 54.6 Å². The molecule has 0 bridgehead atoms. The predicted molar refractivity (Wildman–Crippen MR) is 123 cm³/mol. The standard InChI is InChI=1S/C23H21ClN2O5S/c1-15-7-8-16(24)13-19(15)25-23(27)22-14-26(20-5-3-4-6-21(20)31-22)32(28,29)18-11-9-17(30-2)10-12-18/h3-13,22H,14H2,1-2H3,(H,25,27)/t22-/m0/s1. The van der Waals surface area contributed by atoms with Crippen LogP contribution in [0.4, 0.5) is 11.4 Å². The molecule has 1 atom stereocenters. The van der Waals surface area contributed by atoms with Crippen LogP contribution in [0, 0.1) is 6.92 Å². The number of fused-ring (bicyclic) bond motifs is 1. The Balaban J connectivity index is 1.67. The molecule has 0 aromatic heterocycles. The van der Waals surface area contributed by atoms with Crippen LogP contribution in [0.2, 0.25) is 5.02 Å². The van der Waals surface area contributed by atoms with E-state index in [1.165, 1.54) is 23.5 Å². The van der Waals surface area contributed by atoms with Gasteiger partial charge in [-0.2, -0.15) is 0 Å². The molecule has 9 heteroatoms. The number of benzene rings is 3. The van der Waals surface area contributed by atoms with Gasteiger partial charge in [-0.15, -0.1) is 0 Å². The second-order valence-electron chi connectivity index (χ2n) is 7.23. The number of nitrogens with zero attached hydrogens (tertiary/aromatic N) is 1. The number of amides is 1. The van der Waals surface area contributed by atoms with Gasteiger partial charge in [0.1, 0.15) is 11.5 Å². The summed E-state index contributed by atoms with van der Waals surface area (Å²) in [7, 11) is -2.45. The van der Waals surface area contributed by atoms with Crippen LogP contribution < -0.4 is 19.1 Å².